The predicted molar refractivity (Wildman–Crippen MR) is 112 cm³/mol. The number of rotatable bonds is 8. The van der Waals surface area contributed by atoms with E-state index in [0.717, 1.165) is 38.9 Å². The molecular formula is C22H27BN2O3. The lowest BCUT2D eigenvalue weighted by molar-refractivity contribution is 0.0949. The van der Waals surface area contributed by atoms with Crippen LogP contribution in [0.5, 0.6) is 11.5 Å². The Balaban J connectivity index is 1.45. The van der Waals surface area contributed by atoms with Crippen molar-refractivity contribution in [1.82, 2.24) is 10.2 Å². The minimum Gasteiger partial charge on any atom is -0.493 e. The summed E-state index contributed by atoms with van der Waals surface area (Å²) in [4.78, 5) is 15.0. The highest BCUT2D eigenvalue weighted by atomic mass is 16.5. The number of hydrogen-bond donors (Lipinski definition) is 1. The molecule has 0 fully saturated rings. The minimum atomic E-state index is -0.200. The SMILES string of the molecule is [B]c1cc(OC)c(OC)c(C(=O)NCCCCN2CCc3ccccc3C2)c1. The second kappa shape index (κ2) is 9.65. The number of methoxy groups -OCH3 is 2. The monoisotopic (exact) mass is 378 g/mol. The van der Waals surface area contributed by atoms with Gasteiger partial charge in [-0.2, -0.15) is 0 Å². The van der Waals surface area contributed by atoms with E-state index in [2.05, 4.69) is 34.5 Å². The third-order valence-electron chi connectivity index (χ3n) is 5.14. The van der Waals surface area contributed by atoms with Gasteiger partial charge in [0, 0.05) is 19.6 Å². The number of fused-ring (bicyclic) bond motifs is 1. The van der Waals surface area contributed by atoms with Crippen LogP contribution in [-0.2, 0) is 13.0 Å². The second-order valence-corrected chi connectivity index (χ2v) is 7.06. The van der Waals surface area contributed by atoms with Crippen LogP contribution in [0.1, 0.15) is 34.3 Å². The molecule has 3 rings (SSSR count). The summed E-state index contributed by atoms with van der Waals surface area (Å²) >= 11 is 0. The fraction of sp³-hybridized carbons (Fsp3) is 0.409. The van der Waals surface area contributed by atoms with Crippen molar-refractivity contribution in [1.29, 1.82) is 0 Å². The van der Waals surface area contributed by atoms with Crippen molar-refractivity contribution >= 4 is 19.2 Å². The minimum absolute atomic E-state index is 0.200. The van der Waals surface area contributed by atoms with Crippen molar-refractivity contribution in [3.05, 3.63) is 53.1 Å². The van der Waals surface area contributed by atoms with Gasteiger partial charge >= 0.3 is 0 Å². The molecule has 0 saturated heterocycles. The van der Waals surface area contributed by atoms with Gasteiger partial charge in [0.2, 0.25) is 0 Å². The zero-order valence-electron chi connectivity index (χ0n) is 16.7. The molecule has 0 spiro atoms. The maximum absolute atomic E-state index is 12.5. The average molecular weight is 378 g/mol. The van der Waals surface area contributed by atoms with E-state index in [1.54, 1.807) is 12.1 Å². The maximum atomic E-state index is 12.5. The summed E-state index contributed by atoms with van der Waals surface area (Å²) in [6.07, 6.45) is 3.08. The number of ether oxygens (including phenoxy) is 2. The predicted octanol–water partition coefficient (Wildman–Crippen LogP) is 2.07. The van der Waals surface area contributed by atoms with E-state index in [0.29, 0.717) is 29.1 Å². The molecule has 1 aliphatic rings. The van der Waals surface area contributed by atoms with Crippen LogP contribution in [0.2, 0.25) is 0 Å². The van der Waals surface area contributed by atoms with Gasteiger partial charge in [0.15, 0.2) is 11.5 Å². The molecule has 0 atom stereocenters. The number of carbonyl (C=O) groups is 1. The van der Waals surface area contributed by atoms with Crippen molar-refractivity contribution in [2.45, 2.75) is 25.8 Å². The lowest BCUT2D eigenvalue weighted by atomic mass is 9.93. The van der Waals surface area contributed by atoms with Gasteiger partial charge in [-0.25, -0.2) is 0 Å². The fourth-order valence-corrected chi connectivity index (χ4v) is 3.66. The Morgan fingerprint density at radius 2 is 1.93 bits per heavy atom. The van der Waals surface area contributed by atoms with E-state index < -0.39 is 0 Å². The number of hydrogen-bond acceptors (Lipinski definition) is 4. The Bertz CT molecular complexity index is 825. The molecule has 6 heteroatoms. The molecule has 5 nitrogen and oxygen atoms in total. The molecule has 2 radical (unpaired) electrons. The summed E-state index contributed by atoms with van der Waals surface area (Å²) in [5.74, 6) is 0.661. The van der Waals surface area contributed by atoms with Crippen LogP contribution in [-0.4, -0.2) is 52.5 Å². The molecule has 0 aliphatic carbocycles. The third kappa shape index (κ3) is 4.87. The van der Waals surface area contributed by atoms with Gasteiger partial charge in [0.05, 0.1) is 19.8 Å². The molecule has 1 amide bonds. The van der Waals surface area contributed by atoms with Gasteiger partial charge in [-0.3, -0.25) is 9.69 Å². The molecule has 2 aromatic rings. The van der Waals surface area contributed by atoms with Crippen LogP contribution >= 0.6 is 0 Å². The van der Waals surface area contributed by atoms with Crippen LogP contribution in [0, 0.1) is 0 Å². The number of carbonyl (C=O) groups excluding carboxylic acids is 1. The number of nitrogens with zero attached hydrogens (tertiary/aromatic N) is 1. The molecular weight excluding hydrogens is 351 g/mol. The van der Waals surface area contributed by atoms with Crippen molar-refractivity contribution in [3.8, 4) is 11.5 Å². The summed E-state index contributed by atoms with van der Waals surface area (Å²) in [7, 11) is 8.91. The standard InChI is InChI=1S/C22H27BN2O3/c1-27-20-14-18(23)13-19(21(20)28-2)22(26)24-10-5-6-11-25-12-9-16-7-3-4-8-17(16)15-25/h3-4,7-8,13-14H,5-6,9-12,15H2,1-2H3,(H,24,26). The maximum Gasteiger partial charge on any atom is 0.255 e. The van der Waals surface area contributed by atoms with Crippen molar-refractivity contribution in [2.75, 3.05) is 33.9 Å². The second-order valence-electron chi connectivity index (χ2n) is 7.06. The number of benzene rings is 2. The molecule has 1 N–H and O–H groups in total. The van der Waals surface area contributed by atoms with Gasteiger partial charge in [-0.15, -0.1) is 0 Å². The molecule has 146 valence electrons. The van der Waals surface area contributed by atoms with Crippen LogP contribution in [0.3, 0.4) is 0 Å². The largest absolute Gasteiger partial charge is 0.493 e. The Kier molecular flexibility index (Phi) is 6.98. The van der Waals surface area contributed by atoms with Crippen molar-refractivity contribution in [3.63, 3.8) is 0 Å². The zero-order chi connectivity index (χ0) is 19.9. The van der Waals surface area contributed by atoms with Crippen LogP contribution in [0.25, 0.3) is 0 Å². The molecule has 0 unspecified atom stereocenters. The first-order chi connectivity index (χ1) is 13.6. The Morgan fingerprint density at radius 3 is 2.68 bits per heavy atom. The molecule has 1 aliphatic heterocycles. The first-order valence-corrected chi connectivity index (χ1v) is 9.71. The van der Waals surface area contributed by atoms with Crippen LogP contribution in [0.15, 0.2) is 36.4 Å². The first-order valence-electron chi connectivity index (χ1n) is 9.71. The van der Waals surface area contributed by atoms with Crippen LogP contribution < -0.4 is 20.3 Å². The highest BCUT2D eigenvalue weighted by Crippen LogP contribution is 2.29. The average Bonchev–Trinajstić information content (AvgIpc) is 2.72. The highest BCUT2D eigenvalue weighted by Gasteiger charge is 2.18. The van der Waals surface area contributed by atoms with E-state index in [1.807, 2.05) is 0 Å². The Labute approximate surface area is 168 Å². The summed E-state index contributed by atoms with van der Waals surface area (Å²) < 4.78 is 10.6. The number of nitrogens with one attached hydrogen (secondary N) is 1. The normalized spacial score (nSPS) is 13.6. The zero-order valence-corrected chi connectivity index (χ0v) is 16.7. The Morgan fingerprint density at radius 1 is 1.14 bits per heavy atom. The van der Waals surface area contributed by atoms with Crippen molar-refractivity contribution in [2.24, 2.45) is 0 Å². The first kappa shape index (κ1) is 20.3. The van der Waals surface area contributed by atoms with Gasteiger partial charge in [-0.05, 0) is 43.0 Å². The summed E-state index contributed by atoms with van der Waals surface area (Å²) in [5.41, 5.74) is 3.77. The highest BCUT2D eigenvalue weighted by molar-refractivity contribution is 6.33. The van der Waals surface area contributed by atoms with Gasteiger partial charge in [-0.1, -0.05) is 35.8 Å². The van der Waals surface area contributed by atoms with E-state index in [1.165, 1.54) is 25.3 Å². The molecule has 0 saturated carbocycles. The van der Waals surface area contributed by atoms with E-state index in [-0.39, 0.29) is 5.91 Å². The molecule has 0 bridgehead atoms. The van der Waals surface area contributed by atoms with E-state index >= 15 is 0 Å². The van der Waals surface area contributed by atoms with E-state index in [4.69, 9.17) is 17.3 Å². The lowest BCUT2D eigenvalue weighted by Crippen LogP contribution is -2.32. The van der Waals surface area contributed by atoms with Crippen LogP contribution in [0.4, 0.5) is 0 Å². The van der Waals surface area contributed by atoms with Gasteiger partial charge in [0.1, 0.15) is 7.85 Å². The van der Waals surface area contributed by atoms with Gasteiger partial charge in [0.25, 0.3) is 5.91 Å². The van der Waals surface area contributed by atoms with E-state index in [9.17, 15) is 4.79 Å². The molecule has 28 heavy (non-hydrogen) atoms. The molecule has 1 heterocycles. The molecule has 0 aromatic heterocycles. The number of amides is 1. The molecule has 2 aromatic carbocycles. The summed E-state index contributed by atoms with van der Waals surface area (Å²) in [6, 6.07) is 11.9. The summed E-state index contributed by atoms with van der Waals surface area (Å²) in [6.45, 7) is 3.77. The Hall–Kier alpha value is -2.47. The smallest absolute Gasteiger partial charge is 0.255 e. The lowest BCUT2D eigenvalue weighted by Gasteiger charge is -2.28. The van der Waals surface area contributed by atoms with Crippen molar-refractivity contribution < 1.29 is 14.3 Å². The van der Waals surface area contributed by atoms with Gasteiger partial charge < -0.3 is 14.8 Å². The summed E-state index contributed by atoms with van der Waals surface area (Å²) in [5, 5.41) is 2.96. The number of unbranched alkanes of at least 4 members (excludes halogenated alkanes) is 1. The topological polar surface area (TPSA) is 50.8 Å². The quantitative estimate of drug-likeness (QED) is 0.565. The third-order valence-corrected chi connectivity index (χ3v) is 5.14. The fourth-order valence-electron chi connectivity index (χ4n) is 3.66.